The second kappa shape index (κ2) is 3.26. The summed E-state index contributed by atoms with van der Waals surface area (Å²) in [5, 5.41) is 0.615. The number of furan rings is 1. The molecular weight excluding hydrogens is 275 g/mol. The van der Waals surface area contributed by atoms with Crippen molar-refractivity contribution in [3.8, 4) is 0 Å². The van der Waals surface area contributed by atoms with E-state index in [4.69, 9.17) is 22.9 Å². The van der Waals surface area contributed by atoms with Gasteiger partial charge in [0.2, 0.25) is 0 Å². The van der Waals surface area contributed by atoms with Crippen LogP contribution in [0.2, 0.25) is 5.02 Å². The summed E-state index contributed by atoms with van der Waals surface area (Å²) in [7, 11) is 0. The SMILES string of the molecule is [2H]c1cc(Cl)c2oc3c([2H])c([2H])c(Br)c([2H])c3c2c1[2H]. The number of halogens is 2. The van der Waals surface area contributed by atoms with E-state index in [0.29, 0.717) is 0 Å². The van der Waals surface area contributed by atoms with E-state index < -0.39 is 0 Å². The summed E-state index contributed by atoms with van der Waals surface area (Å²) in [5.74, 6) is 0. The molecule has 0 aliphatic rings. The maximum absolute atomic E-state index is 8.06. The standard InChI is InChI=1S/C12H6BrClO/c13-7-4-5-11-9(6-7)8-2-1-3-10(14)12(8)15-11/h1-6H/i1D,2D,4D,5D,6D. The largest absolute Gasteiger partial charge is 0.454 e. The molecule has 0 N–H and O–H groups in total. The van der Waals surface area contributed by atoms with Crippen molar-refractivity contribution in [1.29, 1.82) is 0 Å². The molecule has 3 heteroatoms. The lowest BCUT2D eigenvalue weighted by molar-refractivity contribution is 0.669. The van der Waals surface area contributed by atoms with Gasteiger partial charge in [-0.05, 0) is 24.2 Å². The zero-order valence-electron chi connectivity index (χ0n) is 12.2. The van der Waals surface area contributed by atoms with Crippen molar-refractivity contribution in [3.05, 3.63) is 45.8 Å². The van der Waals surface area contributed by atoms with Crippen molar-refractivity contribution in [2.45, 2.75) is 0 Å². The summed E-state index contributed by atoms with van der Waals surface area (Å²) >= 11 is 9.12. The van der Waals surface area contributed by atoms with Crippen LogP contribution in [0.15, 0.2) is 45.2 Å². The lowest BCUT2D eigenvalue weighted by Crippen LogP contribution is -1.67. The Hall–Kier alpha value is -0.990. The molecule has 0 radical (unpaired) electrons. The lowest BCUT2D eigenvalue weighted by atomic mass is 10.1. The maximum atomic E-state index is 8.06. The monoisotopic (exact) mass is 285 g/mol. The molecule has 0 atom stereocenters. The molecule has 0 aliphatic heterocycles. The Morgan fingerprint density at radius 1 is 1.27 bits per heavy atom. The van der Waals surface area contributed by atoms with Crippen LogP contribution in [0.1, 0.15) is 6.85 Å². The molecule has 1 aromatic heterocycles. The number of para-hydroxylation sites is 1. The summed E-state index contributed by atoms with van der Waals surface area (Å²) in [6.07, 6.45) is 0. The molecule has 15 heavy (non-hydrogen) atoms. The van der Waals surface area contributed by atoms with Crippen molar-refractivity contribution in [2.24, 2.45) is 0 Å². The van der Waals surface area contributed by atoms with Gasteiger partial charge in [-0.2, -0.15) is 0 Å². The van der Waals surface area contributed by atoms with Gasteiger partial charge in [0.25, 0.3) is 0 Å². The molecule has 0 bridgehead atoms. The first-order valence-electron chi connectivity index (χ1n) is 6.61. The average Bonchev–Trinajstić information content (AvgIpc) is 2.81. The van der Waals surface area contributed by atoms with E-state index in [2.05, 4.69) is 15.9 Å². The zero-order valence-corrected chi connectivity index (χ0v) is 9.58. The minimum absolute atomic E-state index is 0.0409. The van der Waals surface area contributed by atoms with Crippen LogP contribution in [0.5, 0.6) is 0 Å². The fourth-order valence-corrected chi connectivity index (χ4v) is 1.90. The average molecular weight is 287 g/mol. The highest BCUT2D eigenvalue weighted by Crippen LogP contribution is 2.34. The van der Waals surface area contributed by atoms with Gasteiger partial charge in [-0.1, -0.05) is 39.6 Å². The van der Waals surface area contributed by atoms with E-state index in [-0.39, 0.29) is 61.6 Å². The second-order valence-corrected chi connectivity index (χ2v) is 4.16. The first-order chi connectivity index (χ1) is 9.34. The minimum atomic E-state index is -0.180. The van der Waals surface area contributed by atoms with Gasteiger partial charge < -0.3 is 4.42 Å². The Morgan fingerprint density at radius 3 is 3.00 bits per heavy atom. The fraction of sp³-hybridized carbons (Fsp3) is 0. The fourth-order valence-electron chi connectivity index (χ4n) is 1.42. The summed E-state index contributed by atoms with van der Waals surface area (Å²) in [4.78, 5) is 0. The lowest BCUT2D eigenvalue weighted by Gasteiger charge is -1.90. The topological polar surface area (TPSA) is 13.1 Å². The summed E-state index contributed by atoms with van der Waals surface area (Å²) < 4.78 is 45.0. The van der Waals surface area contributed by atoms with Gasteiger partial charge in [-0.25, -0.2) is 0 Å². The molecule has 1 heterocycles. The molecule has 0 saturated heterocycles. The van der Waals surface area contributed by atoms with Crippen LogP contribution in [-0.2, 0) is 0 Å². The van der Waals surface area contributed by atoms with Crippen molar-refractivity contribution < 1.29 is 11.3 Å². The Kier molecular flexibility index (Phi) is 1.17. The van der Waals surface area contributed by atoms with Crippen molar-refractivity contribution in [1.82, 2.24) is 0 Å². The van der Waals surface area contributed by atoms with E-state index >= 15 is 0 Å². The van der Waals surface area contributed by atoms with Crippen LogP contribution in [0, 0.1) is 0 Å². The van der Waals surface area contributed by atoms with Gasteiger partial charge in [0.05, 0.1) is 11.9 Å². The van der Waals surface area contributed by atoms with Gasteiger partial charge in [-0.3, -0.25) is 0 Å². The van der Waals surface area contributed by atoms with Gasteiger partial charge in [0.15, 0.2) is 5.58 Å². The molecule has 0 spiro atoms. The third-order valence-electron chi connectivity index (χ3n) is 2.04. The van der Waals surface area contributed by atoms with Gasteiger partial charge >= 0.3 is 0 Å². The first kappa shape index (κ1) is 5.37. The van der Waals surface area contributed by atoms with Gasteiger partial charge in [0, 0.05) is 15.2 Å². The summed E-state index contributed by atoms with van der Waals surface area (Å²) in [5.41, 5.74) is 0.210. The normalized spacial score (nSPS) is 16.0. The molecule has 0 aliphatic carbocycles. The Labute approximate surface area is 107 Å². The van der Waals surface area contributed by atoms with Crippen LogP contribution < -0.4 is 0 Å². The van der Waals surface area contributed by atoms with E-state index in [1.807, 2.05) is 0 Å². The highest BCUT2D eigenvalue weighted by atomic mass is 79.9. The number of hydrogen-bond donors (Lipinski definition) is 0. The predicted octanol–water partition coefficient (Wildman–Crippen LogP) is 5.00. The Morgan fingerprint density at radius 2 is 2.13 bits per heavy atom. The molecule has 0 saturated carbocycles. The van der Waals surface area contributed by atoms with Crippen molar-refractivity contribution >= 4 is 49.5 Å². The number of hydrogen-bond acceptors (Lipinski definition) is 1. The molecule has 1 nitrogen and oxygen atoms in total. The van der Waals surface area contributed by atoms with Crippen LogP contribution in [0.25, 0.3) is 21.9 Å². The smallest absolute Gasteiger partial charge is 0.153 e. The second-order valence-electron chi connectivity index (χ2n) is 2.96. The molecule has 3 aromatic rings. The maximum Gasteiger partial charge on any atom is 0.153 e. The van der Waals surface area contributed by atoms with Crippen molar-refractivity contribution in [3.63, 3.8) is 0 Å². The highest BCUT2D eigenvalue weighted by molar-refractivity contribution is 9.10. The van der Waals surface area contributed by atoms with Gasteiger partial charge in [-0.15, -0.1) is 0 Å². The molecular formula is C12H6BrClO. The van der Waals surface area contributed by atoms with E-state index in [1.54, 1.807) is 0 Å². The quantitative estimate of drug-likeness (QED) is 0.566. The number of benzene rings is 2. The van der Waals surface area contributed by atoms with Crippen LogP contribution in [-0.4, -0.2) is 0 Å². The molecule has 0 amide bonds. The third kappa shape index (κ3) is 1.36. The highest BCUT2D eigenvalue weighted by Gasteiger charge is 2.08. The third-order valence-corrected chi connectivity index (χ3v) is 2.72. The molecule has 3 rings (SSSR count). The van der Waals surface area contributed by atoms with E-state index in [1.165, 1.54) is 6.07 Å². The Bertz CT molecular complexity index is 889. The van der Waals surface area contributed by atoms with E-state index in [0.717, 1.165) is 0 Å². The number of fused-ring (bicyclic) bond motifs is 3. The van der Waals surface area contributed by atoms with Crippen molar-refractivity contribution in [2.75, 3.05) is 0 Å². The molecule has 0 unspecified atom stereocenters. The minimum Gasteiger partial charge on any atom is -0.454 e. The first-order valence-corrected chi connectivity index (χ1v) is 5.28. The molecule has 2 aromatic carbocycles. The zero-order chi connectivity index (χ0) is 14.8. The Balaban J connectivity index is 2.72. The summed E-state index contributed by atoms with van der Waals surface area (Å²) in [6.45, 7) is 0. The summed E-state index contributed by atoms with van der Waals surface area (Å²) in [6, 6.07) is 0.715. The number of rotatable bonds is 0. The predicted molar refractivity (Wildman–Crippen MR) is 66.4 cm³/mol. The van der Waals surface area contributed by atoms with Crippen LogP contribution in [0.3, 0.4) is 0 Å². The van der Waals surface area contributed by atoms with Crippen LogP contribution in [0.4, 0.5) is 0 Å². The van der Waals surface area contributed by atoms with E-state index in [9.17, 15) is 0 Å². The van der Waals surface area contributed by atoms with Crippen LogP contribution >= 0.6 is 27.5 Å². The molecule has 74 valence electrons. The molecule has 0 fully saturated rings. The van der Waals surface area contributed by atoms with Gasteiger partial charge in [0.1, 0.15) is 5.58 Å².